The van der Waals surface area contributed by atoms with Crippen LogP contribution in [0.5, 0.6) is 0 Å². The number of aliphatic hydroxyl groups is 2. The molecule has 1 saturated carbocycles. The van der Waals surface area contributed by atoms with Crippen molar-refractivity contribution in [2.45, 2.75) is 37.0 Å². The highest BCUT2D eigenvalue weighted by Crippen LogP contribution is 2.44. The molecule has 7 nitrogen and oxygen atoms in total. The molecule has 1 fully saturated rings. The van der Waals surface area contributed by atoms with Gasteiger partial charge in [-0.15, -0.1) is 0 Å². The van der Waals surface area contributed by atoms with Gasteiger partial charge in [-0.2, -0.15) is 0 Å². The number of aliphatic hydroxyl groups excluding tert-OH is 2. The van der Waals surface area contributed by atoms with Crippen molar-refractivity contribution in [2.75, 3.05) is 13.2 Å². The van der Waals surface area contributed by atoms with E-state index in [0.717, 1.165) is 35.1 Å². The Kier molecular flexibility index (Phi) is 6.53. The molecular formula is C28H28N2O5. The molecule has 3 aromatic carbocycles. The summed E-state index contributed by atoms with van der Waals surface area (Å²) >= 11 is 0. The molecule has 0 aromatic heterocycles. The van der Waals surface area contributed by atoms with Crippen LogP contribution in [0.4, 0.5) is 4.79 Å². The van der Waals surface area contributed by atoms with Crippen LogP contribution in [0.25, 0.3) is 11.1 Å². The molecule has 0 bridgehead atoms. The Balaban J connectivity index is 1.12. The van der Waals surface area contributed by atoms with Crippen molar-refractivity contribution in [3.05, 3.63) is 95.1 Å². The van der Waals surface area contributed by atoms with Gasteiger partial charge in [0.2, 0.25) is 0 Å². The molecule has 2 unspecified atom stereocenters. The number of carbonyl (C=O) groups excluding carboxylic acids is 2. The van der Waals surface area contributed by atoms with Crippen LogP contribution < -0.4 is 10.6 Å². The molecule has 4 N–H and O–H groups in total. The van der Waals surface area contributed by atoms with Gasteiger partial charge in [-0.3, -0.25) is 4.79 Å². The maximum atomic E-state index is 12.3. The molecule has 35 heavy (non-hydrogen) atoms. The minimum Gasteiger partial charge on any atom is -0.449 e. The predicted octanol–water partition coefficient (Wildman–Crippen LogP) is 3.51. The number of carbonyl (C=O) groups is 2. The van der Waals surface area contributed by atoms with E-state index in [9.17, 15) is 19.8 Å². The van der Waals surface area contributed by atoms with Gasteiger partial charge in [0.1, 0.15) is 18.8 Å². The molecule has 0 spiro atoms. The number of hydrogen-bond acceptors (Lipinski definition) is 5. The fourth-order valence-electron chi connectivity index (χ4n) is 4.50. The minimum atomic E-state index is -1.23. The normalized spacial score (nSPS) is 16.1. The summed E-state index contributed by atoms with van der Waals surface area (Å²) in [5.41, 5.74) is 5.48. The minimum absolute atomic E-state index is 0.0562. The summed E-state index contributed by atoms with van der Waals surface area (Å²) in [5, 5.41) is 26.3. The zero-order valence-corrected chi connectivity index (χ0v) is 19.2. The summed E-state index contributed by atoms with van der Waals surface area (Å²) in [7, 11) is 0. The van der Waals surface area contributed by atoms with Gasteiger partial charge in [-0.1, -0.05) is 60.7 Å². The van der Waals surface area contributed by atoms with Crippen molar-refractivity contribution >= 4 is 12.0 Å². The molecule has 0 heterocycles. The molecule has 2 aliphatic rings. The standard InChI is InChI=1S/C28H28N2O5/c31-25(26(32)17-9-11-18(12-10-17)27(33)30-19-13-14-19)15-29-28(34)35-16-24-22-7-3-1-5-20(22)21-6-2-4-8-23(21)24/h1-12,19,24-26,31-32H,13-16H2,(H,29,34)(H,30,33). The van der Waals surface area contributed by atoms with Crippen LogP contribution >= 0.6 is 0 Å². The summed E-state index contributed by atoms with van der Waals surface area (Å²) in [6, 6.07) is 22.8. The SMILES string of the molecule is O=C(NCC(O)C(O)c1ccc(C(=O)NC2CC2)cc1)OCC1c2ccccc2-c2ccccc21. The number of fused-ring (bicyclic) bond motifs is 3. The number of hydrogen-bond donors (Lipinski definition) is 4. The van der Waals surface area contributed by atoms with Gasteiger partial charge in [0, 0.05) is 24.1 Å². The van der Waals surface area contributed by atoms with Crippen LogP contribution in [0.3, 0.4) is 0 Å². The van der Waals surface area contributed by atoms with Crippen LogP contribution in [0.1, 0.15) is 51.9 Å². The Morgan fingerprint density at radius 3 is 2.09 bits per heavy atom. The second kappa shape index (κ2) is 9.90. The smallest absolute Gasteiger partial charge is 0.407 e. The lowest BCUT2D eigenvalue weighted by Crippen LogP contribution is -2.36. The number of rotatable bonds is 8. The monoisotopic (exact) mass is 472 g/mol. The van der Waals surface area contributed by atoms with E-state index in [-0.39, 0.29) is 31.0 Å². The average molecular weight is 473 g/mol. The van der Waals surface area contributed by atoms with E-state index >= 15 is 0 Å². The maximum Gasteiger partial charge on any atom is 0.407 e. The van der Waals surface area contributed by atoms with E-state index in [0.29, 0.717) is 11.1 Å². The van der Waals surface area contributed by atoms with Gasteiger partial charge in [0.15, 0.2) is 0 Å². The van der Waals surface area contributed by atoms with Crippen LogP contribution in [0.15, 0.2) is 72.8 Å². The van der Waals surface area contributed by atoms with Crippen molar-refractivity contribution in [1.29, 1.82) is 0 Å². The quantitative estimate of drug-likeness (QED) is 0.401. The third-order valence-electron chi connectivity index (χ3n) is 6.59. The van der Waals surface area contributed by atoms with Crippen molar-refractivity contribution < 1.29 is 24.5 Å². The fourth-order valence-corrected chi connectivity index (χ4v) is 4.50. The molecule has 2 amide bonds. The highest BCUT2D eigenvalue weighted by Gasteiger charge is 2.29. The number of amides is 2. The molecule has 7 heteroatoms. The van der Waals surface area contributed by atoms with E-state index in [1.807, 2.05) is 36.4 Å². The van der Waals surface area contributed by atoms with E-state index in [1.165, 1.54) is 0 Å². The first-order valence-corrected chi connectivity index (χ1v) is 11.9. The van der Waals surface area contributed by atoms with E-state index in [2.05, 4.69) is 22.8 Å². The van der Waals surface area contributed by atoms with Crippen LogP contribution in [0.2, 0.25) is 0 Å². The number of benzene rings is 3. The highest BCUT2D eigenvalue weighted by atomic mass is 16.5. The third-order valence-corrected chi connectivity index (χ3v) is 6.59. The van der Waals surface area contributed by atoms with Gasteiger partial charge in [0.25, 0.3) is 5.91 Å². The molecule has 0 aliphatic heterocycles. The summed E-state index contributed by atoms with van der Waals surface area (Å²) in [5.74, 6) is -0.203. The van der Waals surface area contributed by atoms with Crippen molar-refractivity contribution in [3.63, 3.8) is 0 Å². The number of nitrogens with one attached hydrogen (secondary N) is 2. The zero-order chi connectivity index (χ0) is 24.4. The lowest BCUT2D eigenvalue weighted by molar-refractivity contribution is 0.0185. The second-order valence-corrected chi connectivity index (χ2v) is 9.09. The van der Waals surface area contributed by atoms with Crippen LogP contribution in [-0.4, -0.2) is 47.5 Å². The Hall–Kier alpha value is -3.68. The lowest BCUT2D eigenvalue weighted by Gasteiger charge is -2.19. The summed E-state index contributed by atoms with van der Waals surface area (Å²) in [4.78, 5) is 24.4. The first-order valence-electron chi connectivity index (χ1n) is 11.9. The van der Waals surface area contributed by atoms with Crippen LogP contribution in [-0.2, 0) is 4.74 Å². The molecule has 0 saturated heterocycles. The molecule has 180 valence electrons. The van der Waals surface area contributed by atoms with Gasteiger partial charge in [0.05, 0.1) is 0 Å². The summed E-state index contributed by atoms with van der Waals surface area (Å²) in [6.07, 6.45) is -1.10. The van der Waals surface area contributed by atoms with Crippen LogP contribution in [0, 0.1) is 0 Å². The molecule has 3 aromatic rings. The average Bonchev–Trinajstić information content (AvgIpc) is 3.65. The van der Waals surface area contributed by atoms with Gasteiger partial charge in [-0.05, 0) is 52.8 Å². The van der Waals surface area contributed by atoms with E-state index < -0.39 is 18.3 Å². The molecule has 5 rings (SSSR count). The highest BCUT2D eigenvalue weighted by molar-refractivity contribution is 5.94. The Morgan fingerprint density at radius 1 is 0.886 bits per heavy atom. The van der Waals surface area contributed by atoms with Gasteiger partial charge in [-0.25, -0.2) is 4.79 Å². The molecule has 2 aliphatic carbocycles. The summed E-state index contributed by atoms with van der Waals surface area (Å²) < 4.78 is 5.47. The first-order chi connectivity index (χ1) is 17.0. The van der Waals surface area contributed by atoms with Crippen molar-refractivity contribution in [2.24, 2.45) is 0 Å². The molecular weight excluding hydrogens is 444 g/mol. The fraction of sp³-hybridized carbons (Fsp3) is 0.286. The Labute approximate surface area is 203 Å². The first kappa shape index (κ1) is 23.1. The van der Waals surface area contributed by atoms with Crippen molar-refractivity contribution in [3.8, 4) is 11.1 Å². The van der Waals surface area contributed by atoms with Gasteiger partial charge < -0.3 is 25.6 Å². The van der Waals surface area contributed by atoms with E-state index in [4.69, 9.17) is 4.74 Å². The second-order valence-electron chi connectivity index (χ2n) is 9.09. The Morgan fingerprint density at radius 2 is 1.49 bits per heavy atom. The molecule has 2 atom stereocenters. The third kappa shape index (κ3) is 5.06. The predicted molar refractivity (Wildman–Crippen MR) is 131 cm³/mol. The zero-order valence-electron chi connectivity index (χ0n) is 19.2. The van der Waals surface area contributed by atoms with Crippen molar-refractivity contribution in [1.82, 2.24) is 10.6 Å². The Bertz CT molecular complexity index is 1180. The van der Waals surface area contributed by atoms with Gasteiger partial charge >= 0.3 is 6.09 Å². The topological polar surface area (TPSA) is 108 Å². The summed E-state index contributed by atoms with van der Waals surface area (Å²) in [6.45, 7) is -0.00928. The molecule has 0 radical (unpaired) electrons. The lowest BCUT2D eigenvalue weighted by atomic mass is 9.98. The largest absolute Gasteiger partial charge is 0.449 e. The number of alkyl carbamates (subject to hydrolysis) is 1. The maximum absolute atomic E-state index is 12.3. The number of ether oxygens (including phenoxy) is 1. The van der Waals surface area contributed by atoms with E-state index in [1.54, 1.807) is 24.3 Å².